The van der Waals surface area contributed by atoms with Crippen LogP contribution in [0.4, 0.5) is 4.39 Å². The number of carbonyl (C=O) groups excluding carboxylic acids is 1. The van der Waals surface area contributed by atoms with E-state index in [1.165, 1.54) is 24.3 Å². The number of nitrogens with zero attached hydrogens (tertiary/aromatic N) is 1. The van der Waals surface area contributed by atoms with Crippen LogP contribution in [0.3, 0.4) is 0 Å². The molecule has 1 aromatic carbocycles. The number of benzene rings is 1. The van der Waals surface area contributed by atoms with Crippen LogP contribution >= 0.6 is 0 Å². The molecule has 0 bridgehead atoms. The minimum atomic E-state index is -3.86. The van der Waals surface area contributed by atoms with E-state index < -0.39 is 27.8 Å². The van der Waals surface area contributed by atoms with Gasteiger partial charge in [-0.05, 0) is 24.3 Å². The average Bonchev–Trinajstić information content (AvgIpc) is 2.95. The van der Waals surface area contributed by atoms with Gasteiger partial charge in [0.2, 0.25) is 15.9 Å². The van der Waals surface area contributed by atoms with E-state index in [1.807, 2.05) is 0 Å². The first-order valence-electron chi connectivity index (χ1n) is 6.29. The zero-order valence-electron chi connectivity index (χ0n) is 11.2. The molecule has 1 N–H and O–H groups in total. The molecule has 1 aromatic rings. The zero-order chi connectivity index (χ0) is 15.5. The summed E-state index contributed by atoms with van der Waals surface area (Å²) in [5, 5.41) is 2.56. The molecule has 2 rings (SSSR count). The predicted octanol–water partition coefficient (Wildman–Crippen LogP) is 1.06. The summed E-state index contributed by atoms with van der Waals surface area (Å²) in [5.41, 5.74) is 0. The first-order valence-corrected chi connectivity index (χ1v) is 7.73. The Balaban J connectivity index is 2.25. The molecule has 7 heteroatoms. The second-order valence-corrected chi connectivity index (χ2v) is 6.33. The Morgan fingerprint density at radius 2 is 2.10 bits per heavy atom. The molecule has 1 aliphatic heterocycles. The van der Waals surface area contributed by atoms with E-state index >= 15 is 0 Å². The van der Waals surface area contributed by atoms with E-state index in [1.54, 1.807) is 6.08 Å². The Morgan fingerprint density at radius 3 is 2.71 bits per heavy atom. The van der Waals surface area contributed by atoms with Gasteiger partial charge in [-0.3, -0.25) is 4.79 Å². The van der Waals surface area contributed by atoms with Crippen molar-refractivity contribution in [2.45, 2.75) is 10.9 Å². The molecule has 0 spiro atoms. The van der Waals surface area contributed by atoms with Crippen molar-refractivity contribution in [1.29, 1.82) is 0 Å². The summed E-state index contributed by atoms with van der Waals surface area (Å²) in [5.74, 6) is -0.942. The highest BCUT2D eigenvalue weighted by Gasteiger charge is 2.36. The molecule has 1 atom stereocenters. The SMILES string of the molecule is C=CCNC(=O)[C@@H]1C=CCN1S(=O)(=O)c1ccc(F)cc1. The lowest BCUT2D eigenvalue weighted by molar-refractivity contribution is -0.122. The Hall–Kier alpha value is -1.99. The lowest BCUT2D eigenvalue weighted by atomic mass is 10.3. The van der Waals surface area contributed by atoms with Gasteiger partial charge in [0.05, 0.1) is 4.90 Å². The summed E-state index contributed by atoms with van der Waals surface area (Å²) in [7, 11) is -3.86. The summed E-state index contributed by atoms with van der Waals surface area (Å²) in [6.07, 6.45) is 4.65. The molecule has 1 aliphatic rings. The van der Waals surface area contributed by atoms with Crippen molar-refractivity contribution in [3.05, 3.63) is 54.9 Å². The number of hydrogen-bond donors (Lipinski definition) is 1. The summed E-state index contributed by atoms with van der Waals surface area (Å²) in [4.78, 5) is 11.9. The van der Waals surface area contributed by atoms with Crippen LogP contribution < -0.4 is 5.32 Å². The molecule has 0 saturated carbocycles. The fraction of sp³-hybridized carbons (Fsp3) is 0.214. The van der Waals surface area contributed by atoms with Crippen LogP contribution in [0, 0.1) is 5.82 Å². The van der Waals surface area contributed by atoms with Crippen LogP contribution in [0.1, 0.15) is 0 Å². The van der Waals surface area contributed by atoms with E-state index in [0.29, 0.717) is 0 Å². The Bertz CT molecular complexity index is 668. The van der Waals surface area contributed by atoms with Crippen molar-refractivity contribution in [2.75, 3.05) is 13.1 Å². The quantitative estimate of drug-likeness (QED) is 0.827. The second kappa shape index (κ2) is 6.19. The first kappa shape index (κ1) is 15.4. The number of sulfonamides is 1. The van der Waals surface area contributed by atoms with Crippen LogP contribution in [0.5, 0.6) is 0 Å². The molecule has 0 fully saturated rings. The minimum Gasteiger partial charge on any atom is -0.351 e. The van der Waals surface area contributed by atoms with Gasteiger partial charge in [0.1, 0.15) is 11.9 Å². The normalized spacial score (nSPS) is 18.6. The third-order valence-corrected chi connectivity index (χ3v) is 4.89. The molecule has 1 heterocycles. The Morgan fingerprint density at radius 1 is 1.43 bits per heavy atom. The first-order chi connectivity index (χ1) is 9.96. The van der Waals surface area contributed by atoms with Gasteiger partial charge in [0, 0.05) is 13.1 Å². The van der Waals surface area contributed by atoms with Crippen LogP contribution in [-0.2, 0) is 14.8 Å². The maximum absolute atomic E-state index is 12.9. The van der Waals surface area contributed by atoms with Gasteiger partial charge in [-0.2, -0.15) is 4.31 Å². The van der Waals surface area contributed by atoms with Crippen molar-refractivity contribution < 1.29 is 17.6 Å². The van der Waals surface area contributed by atoms with Crippen molar-refractivity contribution in [3.8, 4) is 0 Å². The largest absolute Gasteiger partial charge is 0.351 e. The third kappa shape index (κ3) is 3.20. The van der Waals surface area contributed by atoms with Gasteiger partial charge in [0.15, 0.2) is 0 Å². The topological polar surface area (TPSA) is 66.5 Å². The molecule has 5 nitrogen and oxygen atoms in total. The number of carbonyl (C=O) groups is 1. The molecule has 1 amide bonds. The van der Waals surface area contributed by atoms with Crippen LogP contribution in [-0.4, -0.2) is 37.8 Å². The van der Waals surface area contributed by atoms with Crippen LogP contribution in [0.25, 0.3) is 0 Å². The van der Waals surface area contributed by atoms with Gasteiger partial charge in [0.25, 0.3) is 0 Å². The number of hydrogen-bond acceptors (Lipinski definition) is 3. The minimum absolute atomic E-state index is 0.0471. The summed E-state index contributed by atoms with van der Waals surface area (Å²) in [6.45, 7) is 3.84. The molecular formula is C14H15FN2O3S. The standard InChI is InChI=1S/C14H15FN2O3S/c1-2-9-16-14(18)13-4-3-10-17(13)21(19,20)12-7-5-11(15)6-8-12/h2-8,13H,1,9-10H2,(H,16,18)/t13-/m0/s1. The Labute approximate surface area is 122 Å². The average molecular weight is 310 g/mol. The highest BCUT2D eigenvalue weighted by Crippen LogP contribution is 2.22. The van der Waals surface area contributed by atoms with Crippen molar-refractivity contribution in [2.24, 2.45) is 0 Å². The van der Waals surface area contributed by atoms with Gasteiger partial charge >= 0.3 is 0 Å². The van der Waals surface area contributed by atoms with Crippen molar-refractivity contribution in [1.82, 2.24) is 9.62 Å². The molecule has 0 aliphatic carbocycles. The number of rotatable bonds is 5. The number of amides is 1. The highest BCUT2D eigenvalue weighted by molar-refractivity contribution is 7.89. The third-order valence-electron chi connectivity index (χ3n) is 3.02. The summed E-state index contributed by atoms with van der Waals surface area (Å²) >= 11 is 0. The summed E-state index contributed by atoms with van der Waals surface area (Å²) in [6, 6.07) is 3.61. The molecular weight excluding hydrogens is 295 g/mol. The van der Waals surface area contributed by atoms with Gasteiger partial charge in [-0.15, -0.1) is 6.58 Å². The van der Waals surface area contributed by atoms with Gasteiger partial charge in [-0.25, -0.2) is 12.8 Å². The molecule has 0 saturated heterocycles. The van der Waals surface area contributed by atoms with E-state index in [9.17, 15) is 17.6 Å². The molecule has 0 radical (unpaired) electrons. The monoisotopic (exact) mass is 310 g/mol. The Kier molecular flexibility index (Phi) is 4.54. The summed E-state index contributed by atoms with van der Waals surface area (Å²) < 4.78 is 39.0. The lowest BCUT2D eigenvalue weighted by Gasteiger charge is -2.23. The van der Waals surface area contributed by atoms with Crippen LogP contribution in [0.15, 0.2) is 54.0 Å². The van der Waals surface area contributed by atoms with Crippen molar-refractivity contribution >= 4 is 15.9 Å². The van der Waals surface area contributed by atoms with E-state index in [4.69, 9.17) is 0 Å². The van der Waals surface area contributed by atoms with Gasteiger partial charge in [-0.1, -0.05) is 18.2 Å². The fourth-order valence-electron chi connectivity index (χ4n) is 1.99. The van der Waals surface area contributed by atoms with E-state index in [0.717, 1.165) is 16.4 Å². The van der Waals surface area contributed by atoms with Gasteiger partial charge < -0.3 is 5.32 Å². The smallest absolute Gasteiger partial charge is 0.244 e. The molecule has 112 valence electrons. The van der Waals surface area contributed by atoms with Crippen LogP contribution in [0.2, 0.25) is 0 Å². The molecule has 21 heavy (non-hydrogen) atoms. The second-order valence-electron chi connectivity index (χ2n) is 4.44. The van der Waals surface area contributed by atoms with Crippen molar-refractivity contribution in [3.63, 3.8) is 0 Å². The number of nitrogens with one attached hydrogen (secondary N) is 1. The fourth-order valence-corrected chi connectivity index (χ4v) is 3.49. The zero-order valence-corrected chi connectivity index (χ0v) is 12.0. The molecule has 0 unspecified atom stereocenters. The highest BCUT2D eigenvalue weighted by atomic mass is 32.2. The number of halogens is 1. The van der Waals surface area contributed by atoms with E-state index in [-0.39, 0.29) is 18.0 Å². The lowest BCUT2D eigenvalue weighted by Crippen LogP contribution is -2.46. The molecule has 0 aromatic heterocycles. The maximum Gasteiger partial charge on any atom is 0.244 e. The van der Waals surface area contributed by atoms with E-state index in [2.05, 4.69) is 11.9 Å². The predicted molar refractivity (Wildman–Crippen MR) is 76.4 cm³/mol. The maximum atomic E-state index is 12.9.